The van der Waals surface area contributed by atoms with Gasteiger partial charge in [0.15, 0.2) is 5.78 Å². The second kappa shape index (κ2) is 4.44. The first kappa shape index (κ1) is 12.4. The molecule has 1 aromatic rings. The van der Waals surface area contributed by atoms with Crippen molar-refractivity contribution in [1.82, 2.24) is 0 Å². The minimum Gasteiger partial charge on any atom is -0.293 e. The van der Waals surface area contributed by atoms with Gasteiger partial charge in [0, 0.05) is 0 Å². The van der Waals surface area contributed by atoms with Crippen molar-refractivity contribution in [2.45, 2.75) is 12.6 Å². The standard InChI is InChI=1S/C8H4BrF3O2S/c9-7-2-1-5(15-7)4(13)3-6(14)8(10,11)12/h1-2H,3H2. The van der Waals surface area contributed by atoms with Gasteiger partial charge in [0.2, 0.25) is 5.78 Å². The summed E-state index contributed by atoms with van der Waals surface area (Å²) >= 11 is 4.06. The van der Waals surface area contributed by atoms with Crippen molar-refractivity contribution in [2.24, 2.45) is 0 Å². The van der Waals surface area contributed by atoms with Gasteiger partial charge in [-0.25, -0.2) is 0 Å². The fourth-order valence-electron chi connectivity index (χ4n) is 0.797. The average Bonchev–Trinajstić information content (AvgIpc) is 2.50. The van der Waals surface area contributed by atoms with Crippen LogP contribution in [0.5, 0.6) is 0 Å². The molecule has 82 valence electrons. The SMILES string of the molecule is O=C(CC(=O)C(F)(F)F)c1ccc(Br)s1. The lowest BCUT2D eigenvalue weighted by Crippen LogP contribution is -2.25. The average molecular weight is 301 g/mol. The fraction of sp³-hybridized carbons (Fsp3) is 0.250. The molecule has 0 amide bonds. The van der Waals surface area contributed by atoms with Crippen molar-refractivity contribution in [1.29, 1.82) is 0 Å². The molecule has 0 N–H and O–H groups in total. The number of thiophene rings is 1. The van der Waals surface area contributed by atoms with Crippen LogP contribution < -0.4 is 0 Å². The van der Waals surface area contributed by atoms with Crippen LogP contribution >= 0.6 is 27.3 Å². The van der Waals surface area contributed by atoms with Crippen LogP contribution in [0.15, 0.2) is 15.9 Å². The van der Waals surface area contributed by atoms with E-state index < -0.39 is 24.2 Å². The van der Waals surface area contributed by atoms with E-state index in [1.165, 1.54) is 12.1 Å². The molecule has 0 aliphatic carbocycles. The first-order valence-electron chi connectivity index (χ1n) is 3.69. The molecule has 0 radical (unpaired) electrons. The predicted octanol–water partition coefficient (Wildman–Crippen LogP) is 3.21. The lowest BCUT2D eigenvalue weighted by atomic mass is 10.2. The van der Waals surface area contributed by atoms with Gasteiger partial charge in [-0.05, 0) is 28.1 Å². The molecule has 0 aliphatic heterocycles. The molecule has 0 unspecified atom stereocenters. The third-order valence-electron chi connectivity index (χ3n) is 1.49. The van der Waals surface area contributed by atoms with Crippen LogP contribution in [-0.2, 0) is 4.79 Å². The van der Waals surface area contributed by atoms with Gasteiger partial charge < -0.3 is 0 Å². The van der Waals surface area contributed by atoms with E-state index in [1.807, 2.05) is 0 Å². The molecule has 0 aliphatic rings. The summed E-state index contributed by atoms with van der Waals surface area (Å²) in [4.78, 5) is 21.8. The lowest BCUT2D eigenvalue weighted by molar-refractivity contribution is -0.169. The van der Waals surface area contributed by atoms with Crippen molar-refractivity contribution in [3.8, 4) is 0 Å². The van der Waals surface area contributed by atoms with Crippen LogP contribution in [0.25, 0.3) is 0 Å². The maximum absolute atomic E-state index is 11.8. The number of carbonyl (C=O) groups excluding carboxylic acids is 2. The predicted molar refractivity (Wildman–Crippen MR) is 52.0 cm³/mol. The van der Waals surface area contributed by atoms with Gasteiger partial charge >= 0.3 is 6.18 Å². The quantitative estimate of drug-likeness (QED) is 0.634. The molecule has 2 nitrogen and oxygen atoms in total. The van der Waals surface area contributed by atoms with E-state index in [0.717, 1.165) is 11.3 Å². The number of hydrogen-bond acceptors (Lipinski definition) is 3. The Kier molecular flexibility index (Phi) is 3.67. The highest BCUT2D eigenvalue weighted by molar-refractivity contribution is 9.11. The molecular formula is C8H4BrF3O2S. The van der Waals surface area contributed by atoms with Crippen LogP contribution in [-0.4, -0.2) is 17.7 Å². The normalized spacial score (nSPS) is 11.5. The Balaban J connectivity index is 2.69. The van der Waals surface area contributed by atoms with Crippen LogP contribution in [0.3, 0.4) is 0 Å². The number of halogens is 4. The van der Waals surface area contributed by atoms with Gasteiger partial charge in [-0.1, -0.05) is 0 Å². The molecule has 0 bridgehead atoms. The smallest absolute Gasteiger partial charge is 0.293 e. The highest BCUT2D eigenvalue weighted by Gasteiger charge is 2.39. The minimum absolute atomic E-state index is 0.138. The third kappa shape index (κ3) is 3.42. The maximum Gasteiger partial charge on any atom is 0.450 e. The van der Waals surface area contributed by atoms with E-state index in [-0.39, 0.29) is 4.88 Å². The highest BCUT2D eigenvalue weighted by atomic mass is 79.9. The fourth-order valence-corrected chi connectivity index (χ4v) is 2.12. The summed E-state index contributed by atoms with van der Waals surface area (Å²) in [5.41, 5.74) is 0. The van der Waals surface area contributed by atoms with Gasteiger partial charge in [0.25, 0.3) is 0 Å². The van der Waals surface area contributed by atoms with Gasteiger partial charge in [0.1, 0.15) is 0 Å². The summed E-state index contributed by atoms with van der Waals surface area (Å²) < 4.78 is 36.1. The van der Waals surface area contributed by atoms with Gasteiger partial charge in [0.05, 0.1) is 15.1 Å². The highest BCUT2D eigenvalue weighted by Crippen LogP contribution is 2.25. The van der Waals surface area contributed by atoms with E-state index in [0.29, 0.717) is 3.79 Å². The van der Waals surface area contributed by atoms with Crippen molar-refractivity contribution in [3.63, 3.8) is 0 Å². The van der Waals surface area contributed by atoms with Crippen LogP contribution in [0, 0.1) is 0 Å². The van der Waals surface area contributed by atoms with Crippen LogP contribution in [0.1, 0.15) is 16.1 Å². The first-order chi connectivity index (χ1) is 6.80. The van der Waals surface area contributed by atoms with Gasteiger partial charge in [-0.15, -0.1) is 11.3 Å². The Morgan fingerprint density at radius 3 is 2.33 bits per heavy atom. The molecule has 1 aromatic heterocycles. The number of rotatable bonds is 3. The van der Waals surface area contributed by atoms with Gasteiger partial charge in [-0.3, -0.25) is 9.59 Å². The van der Waals surface area contributed by atoms with Crippen molar-refractivity contribution >= 4 is 38.8 Å². The largest absolute Gasteiger partial charge is 0.450 e. The molecule has 0 aromatic carbocycles. The maximum atomic E-state index is 11.8. The molecule has 0 atom stereocenters. The van der Waals surface area contributed by atoms with E-state index in [1.54, 1.807) is 0 Å². The van der Waals surface area contributed by atoms with Crippen LogP contribution in [0.4, 0.5) is 13.2 Å². The van der Waals surface area contributed by atoms with E-state index in [4.69, 9.17) is 0 Å². The Labute approximate surface area is 95.2 Å². The number of alkyl halides is 3. The van der Waals surface area contributed by atoms with Gasteiger partial charge in [-0.2, -0.15) is 13.2 Å². The molecule has 15 heavy (non-hydrogen) atoms. The summed E-state index contributed by atoms with van der Waals surface area (Å²) in [6, 6.07) is 2.91. The summed E-state index contributed by atoms with van der Waals surface area (Å²) in [5, 5.41) is 0. The zero-order valence-electron chi connectivity index (χ0n) is 7.10. The minimum atomic E-state index is -4.94. The summed E-state index contributed by atoms with van der Waals surface area (Å²) in [6.07, 6.45) is -6.07. The molecule has 0 saturated carbocycles. The molecule has 0 fully saturated rings. The van der Waals surface area contributed by atoms with Crippen molar-refractivity contribution < 1.29 is 22.8 Å². The molecule has 0 spiro atoms. The monoisotopic (exact) mass is 300 g/mol. The molecule has 0 saturated heterocycles. The molecule has 7 heteroatoms. The number of ketones is 2. The van der Waals surface area contributed by atoms with Crippen molar-refractivity contribution in [2.75, 3.05) is 0 Å². The third-order valence-corrected chi connectivity index (χ3v) is 3.15. The number of Topliss-reactive ketones (excluding diaryl/α,β-unsaturated/α-hetero) is 2. The van der Waals surface area contributed by atoms with E-state index >= 15 is 0 Å². The Bertz CT molecular complexity index is 397. The van der Waals surface area contributed by atoms with Crippen LogP contribution in [0.2, 0.25) is 0 Å². The van der Waals surface area contributed by atoms with Crippen molar-refractivity contribution in [3.05, 3.63) is 20.8 Å². The van der Waals surface area contributed by atoms with E-state index in [9.17, 15) is 22.8 Å². The first-order valence-corrected chi connectivity index (χ1v) is 5.30. The lowest BCUT2D eigenvalue weighted by Gasteiger charge is -2.02. The summed E-state index contributed by atoms with van der Waals surface area (Å²) in [7, 11) is 0. The summed E-state index contributed by atoms with van der Waals surface area (Å²) in [5.74, 6) is -2.83. The molecular weight excluding hydrogens is 297 g/mol. The second-order valence-electron chi connectivity index (χ2n) is 2.62. The second-order valence-corrected chi connectivity index (χ2v) is 5.09. The van der Waals surface area contributed by atoms with E-state index in [2.05, 4.69) is 15.9 Å². The molecule has 1 heterocycles. The topological polar surface area (TPSA) is 34.1 Å². The Hall–Kier alpha value is -0.690. The molecule has 1 rings (SSSR count). The zero-order valence-corrected chi connectivity index (χ0v) is 9.50. The summed E-state index contributed by atoms with van der Waals surface area (Å²) in [6.45, 7) is 0. The Morgan fingerprint density at radius 2 is 1.93 bits per heavy atom. The Morgan fingerprint density at radius 1 is 1.33 bits per heavy atom. The number of hydrogen-bond donors (Lipinski definition) is 0. The number of carbonyl (C=O) groups is 2. The zero-order chi connectivity index (χ0) is 11.6.